The predicted octanol–water partition coefficient (Wildman–Crippen LogP) is 1.63. The fourth-order valence-electron chi connectivity index (χ4n) is 1.19. The van der Waals surface area contributed by atoms with Crippen LogP contribution in [0, 0.1) is 5.82 Å². The van der Waals surface area contributed by atoms with Gasteiger partial charge in [-0.3, -0.25) is 4.90 Å². The maximum atomic E-state index is 13.2. The van der Waals surface area contributed by atoms with E-state index in [1.54, 1.807) is 37.2 Å². The van der Waals surface area contributed by atoms with Gasteiger partial charge in [0, 0.05) is 5.56 Å². The second-order valence-electron chi connectivity index (χ2n) is 3.07. The van der Waals surface area contributed by atoms with E-state index in [4.69, 9.17) is 0 Å². The van der Waals surface area contributed by atoms with Gasteiger partial charge in [-0.05, 0) is 20.2 Å². The van der Waals surface area contributed by atoms with E-state index < -0.39 is 6.04 Å². The van der Waals surface area contributed by atoms with E-state index in [0.717, 1.165) is 6.29 Å². The number of nitrogens with zero attached hydrogens (tertiary/aromatic N) is 1. The van der Waals surface area contributed by atoms with Crippen molar-refractivity contribution in [3.05, 3.63) is 35.6 Å². The highest BCUT2D eigenvalue weighted by molar-refractivity contribution is 5.61. The molecule has 0 saturated heterocycles. The molecule has 0 amide bonds. The predicted molar refractivity (Wildman–Crippen MR) is 48.9 cm³/mol. The van der Waals surface area contributed by atoms with Gasteiger partial charge in [-0.25, -0.2) is 4.39 Å². The molecule has 0 aliphatic rings. The number of likely N-dealkylation sites (N-methyl/N-ethyl adjacent to an activating group) is 1. The van der Waals surface area contributed by atoms with Crippen LogP contribution < -0.4 is 0 Å². The normalized spacial score (nSPS) is 12.9. The molecule has 0 heterocycles. The van der Waals surface area contributed by atoms with Gasteiger partial charge in [0.25, 0.3) is 0 Å². The zero-order chi connectivity index (χ0) is 9.84. The first-order valence-corrected chi connectivity index (χ1v) is 4.03. The molecular formula is C10H12FNO. The average Bonchev–Trinajstić information content (AvgIpc) is 2.09. The first-order valence-electron chi connectivity index (χ1n) is 4.03. The molecule has 1 atom stereocenters. The summed E-state index contributed by atoms with van der Waals surface area (Å²) in [6.45, 7) is 0. The molecule has 0 radical (unpaired) electrons. The van der Waals surface area contributed by atoms with Crippen LogP contribution in [0.2, 0.25) is 0 Å². The van der Waals surface area contributed by atoms with Crippen molar-refractivity contribution in [2.45, 2.75) is 6.04 Å². The lowest BCUT2D eigenvalue weighted by molar-refractivity contribution is -0.111. The van der Waals surface area contributed by atoms with Gasteiger partial charge in [-0.15, -0.1) is 0 Å². The Balaban J connectivity index is 3.04. The number of carbonyl (C=O) groups excluding carboxylic acids is 1. The van der Waals surface area contributed by atoms with Crippen molar-refractivity contribution in [3.8, 4) is 0 Å². The number of halogens is 1. The zero-order valence-electron chi connectivity index (χ0n) is 7.70. The molecule has 1 aromatic rings. The van der Waals surface area contributed by atoms with E-state index in [0.29, 0.717) is 5.56 Å². The van der Waals surface area contributed by atoms with Crippen LogP contribution in [0.5, 0.6) is 0 Å². The zero-order valence-corrected chi connectivity index (χ0v) is 7.70. The van der Waals surface area contributed by atoms with E-state index in [2.05, 4.69) is 0 Å². The second-order valence-corrected chi connectivity index (χ2v) is 3.07. The molecule has 0 spiro atoms. The van der Waals surface area contributed by atoms with Crippen molar-refractivity contribution in [1.29, 1.82) is 0 Å². The van der Waals surface area contributed by atoms with Gasteiger partial charge in [0.15, 0.2) is 0 Å². The van der Waals surface area contributed by atoms with Gasteiger partial charge in [-0.2, -0.15) is 0 Å². The molecule has 70 valence electrons. The summed E-state index contributed by atoms with van der Waals surface area (Å²) in [5, 5.41) is 0. The number of benzene rings is 1. The van der Waals surface area contributed by atoms with E-state index in [1.165, 1.54) is 6.07 Å². The Morgan fingerprint density at radius 1 is 1.38 bits per heavy atom. The van der Waals surface area contributed by atoms with E-state index in [1.807, 2.05) is 0 Å². The van der Waals surface area contributed by atoms with Crippen molar-refractivity contribution >= 4 is 6.29 Å². The monoisotopic (exact) mass is 181 g/mol. The Morgan fingerprint density at radius 2 is 2.00 bits per heavy atom. The molecule has 0 saturated carbocycles. The van der Waals surface area contributed by atoms with Crippen molar-refractivity contribution in [3.63, 3.8) is 0 Å². The van der Waals surface area contributed by atoms with E-state index in [-0.39, 0.29) is 5.82 Å². The first kappa shape index (κ1) is 9.86. The first-order chi connectivity index (χ1) is 6.16. The van der Waals surface area contributed by atoms with Gasteiger partial charge < -0.3 is 4.79 Å². The second kappa shape index (κ2) is 4.14. The van der Waals surface area contributed by atoms with Crippen LogP contribution in [0.15, 0.2) is 24.3 Å². The summed E-state index contributed by atoms with van der Waals surface area (Å²) in [6, 6.07) is 5.81. The van der Waals surface area contributed by atoms with Gasteiger partial charge in [0.2, 0.25) is 0 Å². The summed E-state index contributed by atoms with van der Waals surface area (Å²) >= 11 is 0. The highest BCUT2D eigenvalue weighted by Crippen LogP contribution is 2.18. The molecular weight excluding hydrogens is 169 g/mol. The van der Waals surface area contributed by atoms with Crippen LogP contribution >= 0.6 is 0 Å². The molecule has 13 heavy (non-hydrogen) atoms. The van der Waals surface area contributed by atoms with Crippen LogP contribution in [0.25, 0.3) is 0 Å². The summed E-state index contributed by atoms with van der Waals surface area (Å²) in [5.74, 6) is -0.340. The van der Waals surface area contributed by atoms with Gasteiger partial charge in [0.1, 0.15) is 12.1 Å². The molecule has 0 unspecified atom stereocenters. The van der Waals surface area contributed by atoms with Crippen molar-refractivity contribution < 1.29 is 9.18 Å². The summed E-state index contributed by atoms with van der Waals surface area (Å²) in [4.78, 5) is 12.4. The van der Waals surface area contributed by atoms with Gasteiger partial charge >= 0.3 is 0 Å². The molecule has 0 aliphatic carbocycles. The quantitative estimate of drug-likeness (QED) is 0.660. The van der Waals surface area contributed by atoms with Crippen molar-refractivity contribution in [1.82, 2.24) is 4.90 Å². The smallest absolute Gasteiger partial charge is 0.141 e. The lowest BCUT2D eigenvalue weighted by Gasteiger charge is -2.18. The standard InChI is InChI=1S/C10H12FNO/c1-12(2)10(7-13)8-5-3-4-6-9(8)11/h3-7,10H,1-2H3/t10-/m0/s1. The van der Waals surface area contributed by atoms with Gasteiger partial charge in [-0.1, -0.05) is 18.2 Å². The highest BCUT2D eigenvalue weighted by Gasteiger charge is 2.15. The Bertz CT molecular complexity index is 299. The van der Waals surface area contributed by atoms with Crippen LogP contribution in [0.1, 0.15) is 11.6 Å². The Kier molecular flexibility index (Phi) is 3.14. The Labute approximate surface area is 77.0 Å². The maximum absolute atomic E-state index is 13.2. The number of hydrogen-bond acceptors (Lipinski definition) is 2. The number of aldehydes is 1. The number of hydrogen-bond donors (Lipinski definition) is 0. The minimum atomic E-state index is -0.499. The van der Waals surface area contributed by atoms with Crippen LogP contribution in [0.4, 0.5) is 4.39 Å². The molecule has 0 bridgehead atoms. The summed E-state index contributed by atoms with van der Waals surface area (Å²) in [5.41, 5.74) is 0.419. The molecule has 0 aromatic heterocycles. The third-order valence-electron chi connectivity index (χ3n) is 1.91. The summed E-state index contributed by atoms with van der Waals surface area (Å²) in [7, 11) is 3.48. The number of rotatable bonds is 3. The Hall–Kier alpha value is -1.22. The lowest BCUT2D eigenvalue weighted by Crippen LogP contribution is -2.21. The molecule has 3 heteroatoms. The molecule has 0 N–H and O–H groups in total. The van der Waals surface area contributed by atoms with Gasteiger partial charge in [0.05, 0.1) is 6.04 Å². The van der Waals surface area contributed by atoms with E-state index in [9.17, 15) is 9.18 Å². The summed E-state index contributed by atoms with van der Waals surface area (Å²) in [6.07, 6.45) is 0.735. The SMILES string of the molecule is CN(C)[C@@H](C=O)c1ccccc1F. The van der Waals surface area contributed by atoms with Crippen LogP contribution in [0.3, 0.4) is 0 Å². The van der Waals surface area contributed by atoms with Crippen LogP contribution in [-0.2, 0) is 4.79 Å². The Morgan fingerprint density at radius 3 is 2.46 bits per heavy atom. The largest absolute Gasteiger partial charge is 0.301 e. The third-order valence-corrected chi connectivity index (χ3v) is 1.91. The average molecular weight is 181 g/mol. The van der Waals surface area contributed by atoms with Crippen LogP contribution in [-0.4, -0.2) is 25.3 Å². The maximum Gasteiger partial charge on any atom is 0.141 e. The molecule has 0 fully saturated rings. The third kappa shape index (κ3) is 2.12. The fraction of sp³-hybridized carbons (Fsp3) is 0.300. The molecule has 0 aliphatic heterocycles. The minimum Gasteiger partial charge on any atom is -0.301 e. The number of carbonyl (C=O) groups is 1. The minimum absolute atomic E-state index is 0.340. The van der Waals surface area contributed by atoms with E-state index >= 15 is 0 Å². The van der Waals surface area contributed by atoms with Crippen molar-refractivity contribution in [2.24, 2.45) is 0 Å². The molecule has 1 rings (SSSR count). The highest BCUT2D eigenvalue weighted by atomic mass is 19.1. The topological polar surface area (TPSA) is 20.3 Å². The molecule has 2 nitrogen and oxygen atoms in total. The van der Waals surface area contributed by atoms with Crippen molar-refractivity contribution in [2.75, 3.05) is 14.1 Å². The summed E-state index contributed by atoms with van der Waals surface area (Å²) < 4.78 is 13.2. The fourth-order valence-corrected chi connectivity index (χ4v) is 1.19. The molecule has 1 aromatic carbocycles. The lowest BCUT2D eigenvalue weighted by atomic mass is 10.1.